The van der Waals surface area contributed by atoms with Gasteiger partial charge in [0.2, 0.25) is 5.88 Å². The molecule has 0 unspecified atom stereocenters. The van der Waals surface area contributed by atoms with Crippen LogP contribution in [0.1, 0.15) is 0 Å². The minimum absolute atomic E-state index is 0.0181. The molecule has 72 valence electrons. The van der Waals surface area contributed by atoms with Crippen LogP contribution < -0.4 is 16.6 Å². The highest BCUT2D eigenvalue weighted by Crippen LogP contribution is 2.12. The van der Waals surface area contributed by atoms with Gasteiger partial charge >= 0.3 is 5.69 Å². The van der Waals surface area contributed by atoms with Gasteiger partial charge in [-0.2, -0.15) is 0 Å². The van der Waals surface area contributed by atoms with Gasteiger partial charge in [0.05, 0.1) is 0 Å². The fourth-order valence-electron chi connectivity index (χ4n) is 1.05. The lowest BCUT2D eigenvalue weighted by molar-refractivity contribution is 0.415. The summed E-state index contributed by atoms with van der Waals surface area (Å²) in [4.78, 5) is 22.5. The molecule has 2 N–H and O–H groups in total. The molecule has 0 aliphatic carbocycles. The zero-order valence-electron chi connectivity index (χ0n) is 7.66. The molecule has 1 heterocycles. The summed E-state index contributed by atoms with van der Waals surface area (Å²) < 4.78 is 1.92. The standard InChI is InChI=1S/C7H11N3O3/c1-8-4-5(11)9(2)7(13)10(3)6(4)12/h8,11H,1-3H3. The average Bonchev–Trinajstić information content (AvgIpc) is 2.13. The van der Waals surface area contributed by atoms with Gasteiger partial charge in [-0.15, -0.1) is 0 Å². The van der Waals surface area contributed by atoms with E-state index in [1.165, 1.54) is 21.1 Å². The summed E-state index contributed by atoms with van der Waals surface area (Å²) in [5, 5.41) is 11.9. The molecule has 1 rings (SSSR count). The number of hydrogen-bond donors (Lipinski definition) is 2. The first-order chi connectivity index (χ1) is 6.00. The fraction of sp³-hybridized carbons (Fsp3) is 0.429. The van der Waals surface area contributed by atoms with Crippen LogP contribution in [0.15, 0.2) is 9.59 Å². The smallest absolute Gasteiger partial charge is 0.333 e. The van der Waals surface area contributed by atoms with Crippen molar-refractivity contribution in [1.82, 2.24) is 9.13 Å². The molecule has 0 aromatic carbocycles. The third-order valence-corrected chi connectivity index (χ3v) is 1.88. The van der Waals surface area contributed by atoms with Gasteiger partial charge in [-0.3, -0.25) is 13.9 Å². The lowest BCUT2D eigenvalue weighted by Gasteiger charge is -2.08. The second kappa shape index (κ2) is 2.96. The molecule has 0 saturated carbocycles. The highest BCUT2D eigenvalue weighted by atomic mass is 16.3. The molecule has 1 aromatic heterocycles. The predicted octanol–water partition coefficient (Wildman–Crippen LogP) is -1.17. The van der Waals surface area contributed by atoms with E-state index in [1.54, 1.807) is 0 Å². The molecule has 6 nitrogen and oxygen atoms in total. The van der Waals surface area contributed by atoms with E-state index in [9.17, 15) is 14.7 Å². The van der Waals surface area contributed by atoms with Crippen LogP contribution in [0, 0.1) is 0 Å². The van der Waals surface area contributed by atoms with Crippen molar-refractivity contribution in [3.8, 4) is 5.88 Å². The molecule has 0 bridgehead atoms. The van der Waals surface area contributed by atoms with Crippen LogP contribution in [0.5, 0.6) is 5.88 Å². The predicted molar refractivity (Wildman–Crippen MR) is 48.1 cm³/mol. The van der Waals surface area contributed by atoms with Crippen molar-refractivity contribution in [2.75, 3.05) is 12.4 Å². The third kappa shape index (κ3) is 1.20. The molecule has 13 heavy (non-hydrogen) atoms. The normalized spacial score (nSPS) is 10.1. The molecule has 0 saturated heterocycles. The number of aromatic hydroxyl groups is 1. The quantitative estimate of drug-likeness (QED) is 0.578. The SMILES string of the molecule is CNc1c(O)n(C)c(=O)n(C)c1=O. The zero-order valence-corrected chi connectivity index (χ0v) is 7.66. The number of aromatic nitrogens is 2. The van der Waals surface area contributed by atoms with Crippen LogP contribution in [0.2, 0.25) is 0 Å². The summed E-state index contributed by atoms with van der Waals surface area (Å²) in [6.07, 6.45) is 0. The zero-order chi connectivity index (χ0) is 10.2. The Morgan fingerprint density at radius 2 is 1.77 bits per heavy atom. The average molecular weight is 185 g/mol. The van der Waals surface area contributed by atoms with Crippen LogP contribution in [0.4, 0.5) is 5.69 Å². The largest absolute Gasteiger partial charge is 0.493 e. The van der Waals surface area contributed by atoms with E-state index in [0.29, 0.717) is 0 Å². The highest BCUT2D eigenvalue weighted by molar-refractivity contribution is 5.49. The maximum Gasteiger partial charge on any atom is 0.333 e. The van der Waals surface area contributed by atoms with Crippen molar-refractivity contribution in [1.29, 1.82) is 0 Å². The number of nitrogens with zero attached hydrogens (tertiary/aromatic N) is 2. The number of rotatable bonds is 1. The van der Waals surface area contributed by atoms with Gasteiger partial charge in [0.25, 0.3) is 5.56 Å². The van der Waals surface area contributed by atoms with Gasteiger partial charge in [-0.05, 0) is 0 Å². The van der Waals surface area contributed by atoms with E-state index in [1.807, 2.05) is 0 Å². The first kappa shape index (κ1) is 9.37. The molecule has 1 aromatic rings. The van der Waals surface area contributed by atoms with Gasteiger partial charge < -0.3 is 10.4 Å². The van der Waals surface area contributed by atoms with Crippen molar-refractivity contribution >= 4 is 5.69 Å². The summed E-state index contributed by atoms with van der Waals surface area (Å²) in [6.45, 7) is 0. The summed E-state index contributed by atoms with van der Waals surface area (Å²) in [6, 6.07) is 0. The first-order valence-corrected chi connectivity index (χ1v) is 3.67. The van der Waals surface area contributed by atoms with E-state index < -0.39 is 11.2 Å². The molecule has 0 atom stereocenters. The van der Waals surface area contributed by atoms with Gasteiger partial charge in [0.15, 0.2) is 5.69 Å². The Hall–Kier alpha value is -1.72. The Balaban J connectivity index is 3.78. The van der Waals surface area contributed by atoms with Crippen molar-refractivity contribution in [2.24, 2.45) is 14.1 Å². The molecule has 0 aliphatic heterocycles. The minimum atomic E-state index is -0.554. The van der Waals surface area contributed by atoms with Crippen molar-refractivity contribution in [3.05, 3.63) is 20.8 Å². The minimum Gasteiger partial charge on any atom is -0.493 e. The molecule has 0 aliphatic rings. The summed E-state index contributed by atoms with van der Waals surface area (Å²) in [5.41, 5.74) is -1.07. The van der Waals surface area contributed by atoms with Gasteiger partial charge in [0.1, 0.15) is 0 Å². The Bertz CT molecular complexity index is 444. The maximum atomic E-state index is 11.3. The van der Waals surface area contributed by atoms with E-state index in [0.717, 1.165) is 9.13 Å². The molecule has 0 spiro atoms. The summed E-state index contributed by atoms with van der Waals surface area (Å²) >= 11 is 0. The molecular formula is C7H11N3O3. The fourth-order valence-corrected chi connectivity index (χ4v) is 1.05. The van der Waals surface area contributed by atoms with Crippen LogP contribution in [-0.2, 0) is 14.1 Å². The summed E-state index contributed by atoms with van der Waals surface area (Å²) in [5.74, 6) is -0.351. The second-order valence-corrected chi connectivity index (χ2v) is 2.65. The van der Waals surface area contributed by atoms with E-state index >= 15 is 0 Å². The van der Waals surface area contributed by atoms with Crippen LogP contribution in [0.3, 0.4) is 0 Å². The Kier molecular flexibility index (Phi) is 2.14. The Morgan fingerprint density at radius 1 is 1.23 bits per heavy atom. The monoisotopic (exact) mass is 185 g/mol. The Morgan fingerprint density at radius 3 is 2.23 bits per heavy atom. The van der Waals surface area contributed by atoms with Gasteiger partial charge in [0, 0.05) is 21.1 Å². The lowest BCUT2D eigenvalue weighted by Crippen LogP contribution is -2.37. The van der Waals surface area contributed by atoms with E-state index in [-0.39, 0.29) is 11.6 Å². The molecule has 0 amide bonds. The summed E-state index contributed by atoms with van der Waals surface area (Å²) in [7, 11) is 4.24. The molecule has 0 radical (unpaired) electrons. The van der Waals surface area contributed by atoms with Crippen molar-refractivity contribution < 1.29 is 5.11 Å². The van der Waals surface area contributed by atoms with Crippen molar-refractivity contribution in [3.63, 3.8) is 0 Å². The van der Waals surface area contributed by atoms with Gasteiger partial charge in [-0.25, -0.2) is 4.79 Å². The Labute approximate surface area is 74.1 Å². The van der Waals surface area contributed by atoms with Crippen LogP contribution in [-0.4, -0.2) is 21.3 Å². The molecule has 6 heteroatoms. The van der Waals surface area contributed by atoms with Gasteiger partial charge in [-0.1, -0.05) is 0 Å². The molecule has 0 fully saturated rings. The maximum absolute atomic E-state index is 11.3. The third-order valence-electron chi connectivity index (χ3n) is 1.88. The highest BCUT2D eigenvalue weighted by Gasteiger charge is 2.12. The number of anilines is 1. The van der Waals surface area contributed by atoms with E-state index in [4.69, 9.17) is 0 Å². The number of hydrogen-bond acceptors (Lipinski definition) is 4. The first-order valence-electron chi connectivity index (χ1n) is 3.67. The number of nitrogens with one attached hydrogen (secondary N) is 1. The second-order valence-electron chi connectivity index (χ2n) is 2.65. The topological polar surface area (TPSA) is 76.3 Å². The van der Waals surface area contributed by atoms with Crippen LogP contribution in [0.25, 0.3) is 0 Å². The lowest BCUT2D eigenvalue weighted by atomic mass is 10.5. The molecular weight excluding hydrogens is 174 g/mol. The van der Waals surface area contributed by atoms with Crippen molar-refractivity contribution in [2.45, 2.75) is 0 Å². The van der Waals surface area contributed by atoms with E-state index in [2.05, 4.69) is 5.32 Å². The van der Waals surface area contributed by atoms with Crippen LogP contribution >= 0.6 is 0 Å².